The largest absolute Gasteiger partial charge is 0.507 e. The molecule has 3 N–H and O–H groups in total. The third-order valence-corrected chi connectivity index (χ3v) is 4.12. The number of carbonyl (C=O) groups is 1. The molecule has 0 bridgehead atoms. The van der Waals surface area contributed by atoms with Crippen molar-refractivity contribution in [2.24, 2.45) is 5.41 Å². The summed E-state index contributed by atoms with van der Waals surface area (Å²) >= 11 is 0. The van der Waals surface area contributed by atoms with Gasteiger partial charge in [0, 0.05) is 34.5 Å². The van der Waals surface area contributed by atoms with E-state index in [1.54, 1.807) is 18.3 Å². The van der Waals surface area contributed by atoms with Crippen molar-refractivity contribution in [3.05, 3.63) is 41.6 Å². The van der Waals surface area contributed by atoms with Gasteiger partial charge in [0.15, 0.2) is 0 Å². The molecule has 1 aromatic carbocycles. The van der Waals surface area contributed by atoms with E-state index >= 15 is 0 Å². The van der Waals surface area contributed by atoms with Gasteiger partial charge in [0.1, 0.15) is 11.6 Å². The monoisotopic (exact) mass is 353 g/mol. The molecule has 0 saturated carbocycles. The summed E-state index contributed by atoms with van der Waals surface area (Å²) in [6.07, 6.45) is 2.84. The van der Waals surface area contributed by atoms with E-state index in [0.717, 1.165) is 22.9 Å². The zero-order valence-corrected chi connectivity index (χ0v) is 16.3. The molecule has 2 rings (SSSR count). The molecular weight excluding hydrogens is 326 g/mol. The molecule has 0 fully saturated rings. The van der Waals surface area contributed by atoms with Crippen molar-refractivity contribution >= 4 is 17.9 Å². The van der Waals surface area contributed by atoms with Crippen molar-refractivity contribution in [3.8, 4) is 16.9 Å². The first-order valence-corrected chi connectivity index (χ1v) is 8.59. The van der Waals surface area contributed by atoms with Crippen LogP contribution in [0.3, 0.4) is 0 Å². The molecule has 1 aromatic heterocycles. The molecule has 1 heterocycles. The standard InChI is InChI=1S/C21H27N3O2/c1-20(2,3)16-10-14(9-15(11-22)18(16)25)13-7-8-17(23-12-13)24-19(26)21(4,5)6/h7-12,22,25H,1-6H3,(H,23,24,26). The van der Waals surface area contributed by atoms with E-state index in [-0.39, 0.29) is 17.1 Å². The maximum atomic E-state index is 12.1. The number of aromatic hydroxyl groups is 1. The molecule has 0 atom stereocenters. The molecule has 0 unspecified atom stereocenters. The van der Waals surface area contributed by atoms with E-state index in [2.05, 4.69) is 10.3 Å². The number of carbonyl (C=O) groups excluding carboxylic acids is 1. The number of nitrogens with one attached hydrogen (secondary N) is 2. The minimum atomic E-state index is -0.488. The molecule has 5 heteroatoms. The van der Waals surface area contributed by atoms with E-state index in [0.29, 0.717) is 11.4 Å². The molecule has 0 spiro atoms. The molecule has 26 heavy (non-hydrogen) atoms. The van der Waals surface area contributed by atoms with Crippen LogP contribution in [0.4, 0.5) is 5.82 Å². The highest BCUT2D eigenvalue weighted by Gasteiger charge is 2.22. The van der Waals surface area contributed by atoms with Gasteiger partial charge in [0.2, 0.25) is 5.91 Å². The van der Waals surface area contributed by atoms with E-state index in [4.69, 9.17) is 5.41 Å². The van der Waals surface area contributed by atoms with Crippen molar-refractivity contribution in [3.63, 3.8) is 0 Å². The van der Waals surface area contributed by atoms with Crippen LogP contribution in [0.2, 0.25) is 0 Å². The molecule has 0 aliphatic rings. The minimum Gasteiger partial charge on any atom is -0.507 e. The first-order chi connectivity index (χ1) is 11.9. The number of amides is 1. The number of pyridine rings is 1. The molecular formula is C21H27N3O2. The summed E-state index contributed by atoms with van der Waals surface area (Å²) in [6, 6.07) is 7.32. The second-order valence-corrected chi connectivity index (χ2v) is 8.49. The number of nitrogens with zero attached hydrogens (tertiary/aromatic N) is 1. The van der Waals surface area contributed by atoms with E-state index < -0.39 is 5.41 Å². The molecule has 5 nitrogen and oxygen atoms in total. The number of hydrogen-bond donors (Lipinski definition) is 3. The molecule has 1 amide bonds. The van der Waals surface area contributed by atoms with E-state index in [9.17, 15) is 9.90 Å². The Hall–Kier alpha value is -2.69. The predicted molar refractivity (Wildman–Crippen MR) is 106 cm³/mol. The van der Waals surface area contributed by atoms with Crippen LogP contribution in [0.5, 0.6) is 5.75 Å². The number of phenolic OH excluding ortho intramolecular Hbond substituents is 1. The first-order valence-electron chi connectivity index (χ1n) is 8.59. The first kappa shape index (κ1) is 19.6. The molecule has 0 aliphatic heterocycles. The van der Waals surface area contributed by atoms with Gasteiger partial charge in [0.05, 0.1) is 0 Å². The van der Waals surface area contributed by atoms with Gasteiger partial charge in [-0.25, -0.2) is 4.98 Å². The Morgan fingerprint density at radius 3 is 2.23 bits per heavy atom. The number of benzene rings is 1. The number of aromatic nitrogens is 1. The third-order valence-electron chi connectivity index (χ3n) is 4.12. The summed E-state index contributed by atoms with van der Waals surface area (Å²) in [5.74, 6) is 0.539. The van der Waals surface area contributed by atoms with Crippen LogP contribution in [-0.4, -0.2) is 22.2 Å². The van der Waals surface area contributed by atoms with Crippen molar-refractivity contribution < 1.29 is 9.90 Å². The van der Waals surface area contributed by atoms with Crippen LogP contribution < -0.4 is 5.32 Å². The third kappa shape index (κ3) is 4.28. The van der Waals surface area contributed by atoms with E-state index in [1.807, 2.05) is 53.7 Å². The highest BCUT2D eigenvalue weighted by atomic mass is 16.3. The summed E-state index contributed by atoms with van der Waals surface area (Å²) in [4.78, 5) is 16.4. The Bertz CT molecular complexity index is 826. The molecule has 0 radical (unpaired) electrons. The summed E-state index contributed by atoms with van der Waals surface area (Å²) in [5, 5.41) is 20.8. The summed E-state index contributed by atoms with van der Waals surface area (Å²) in [6.45, 7) is 11.6. The zero-order valence-electron chi connectivity index (χ0n) is 16.3. The van der Waals surface area contributed by atoms with Crippen molar-refractivity contribution in [1.82, 2.24) is 4.98 Å². The quantitative estimate of drug-likeness (QED) is 0.697. The normalized spacial score (nSPS) is 11.9. The van der Waals surface area contributed by atoms with Gasteiger partial charge in [-0.3, -0.25) is 4.79 Å². The second kappa shape index (κ2) is 6.90. The number of anilines is 1. The molecule has 0 aliphatic carbocycles. The molecule has 2 aromatic rings. The molecule has 0 saturated heterocycles. The van der Waals surface area contributed by atoms with E-state index in [1.165, 1.54) is 0 Å². The summed E-state index contributed by atoms with van der Waals surface area (Å²) < 4.78 is 0. The predicted octanol–water partition coefficient (Wildman–Crippen LogP) is 4.73. The topological polar surface area (TPSA) is 86.1 Å². The fourth-order valence-corrected chi connectivity index (χ4v) is 2.45. The molecule has 138 valence electrons. The number of phenols is 1. The van der Waals surface area contributed by atoms with Crippen LogP contribution in [0, 0.1) is 10.8 Å². The second-order valence-electron chi connectivity index (χ2n) is 8.49. The van der Waals surface area contributed by atoms with Crippen LogP contribution in [0.15, 0.2) is 30.5 Å². The SMILES string of the molecule is CC(C)(C)C(=O)Nc1ccc(-c2cc(C=N)c(O)c(C(C)(C)C)c2)cn1. The van der Waals surface area contributed by atoms with Gasteiger partial charge < -0.3 is 15.8 Å². The number of hydrogen-bond acceptors (Lipinski definition) is 4. The van der Waals surface area contributed by atoms with Gasteiger partial charge in [-0.1, -0.05) is 41.5 Å². The fraction of sp³-hybridized carbons (Fsp3) is 0.381. The van der Waals surface area contributed by atoms with Gasteiger partial charge in [-0.05, 0) is 35.2 Å². The Balaban J connectivity index is 2.40. The lowest BCUT2D eigenvalue weighted by molar-refractivity contribution is -0.123. The Labute approximate surface area is 155 Å². The van der Waals surface area contributed by atoms with Crippen molar-refractivity contribution in [2.45, 2.75) is 47.0 Å². The lowest BCUT2D eigenvalue weighted by atomic mass is 9.83. The van der Waals surface area contributed by atoms with Gasteiger partial charge >= 0.3 is 0 Å². The lowest BCUT2D eigenvalue weighted by Crippen LogP contribution is -2.27. The zero-order chi connectivity index (χ0) is 19.7. The Kier molecular flexibility index (Phi) is 5.21. The fourth-order valence-electron chi connectivity index (χ4n) is 2.45. The van der Waals surface area contributed by atoms with Crippen molar-refractivity contribution in [2.75, 3.05) is 5.32 Å². The lowest BCUT2D eigenvalue weighted by Gasteiger charge is -2.22. The van der Waals surface area contributed by atoms with Gasteiger partial charge in [-0.15, -0.1) is 0 Å². The Morgan fingerprint density at radius 2 is 1.77 bits per heavy atom. The van der Waals surface area contributed by atoms with Crippen LogP contribution >= 0.6 is 0 Å². The maximum absolute atomic E-state index is 12.1. The average Bonchev–Trinajstić information content (AvgIpc) is 2.54. The van der Waals surface area contributed by atoms with Crippen LogP contribution in [0.1, 0.15) is 52.7 Å². The Morgan fingerprint density at radius 1 is 1.12 bits per heavy atom. The highest BCUT2D eigenvalue weighted by Crippen LogP contribution is 2.36. The summed E-state index contributed by atoms with van der Waals surface area (Å²) in [7, 11) is 0. The van der Waals surface area contributed by atoms with Crippen molar-refractivity contribution in [1.29, 1.82) is 5.41 Å². The highest BCUT2D eigenvalue weighted by molar-refractivity contribution is 5.93. The van der Waals surface area contributed by atoms with Crippen LogP contribution in [0.25, 0.3) is 11.1 Å². The maximum Gasteiger partial charge on any atom is 0.230 e. The minimum absolute atomic E-state index is 0.0940. The number of rotatable bonds is 3. The van der Waals surface area contributed by atoms with Crippen LogP contribution in [-0.2, 0) is 10.2 Å². The van der Waals surface area contributed by atoms with Gasteiger partial charge in [-0.2, -0.15) is 0 Å². The smallest absolute Gasteiger partial charge is 0.230 e. The summed E-state index contributed by atoms with van der Waals surface area (Å²) in [5.41, 5.74) is 2.22. The average molecular weight is 353 g/mol. The van der Waals surface area contributed by atoms with Gasteiger partial charge in [0.25, 0.3) is 0 Å².